The van der Waals surface area contributed by atoms with E-state index in [1.54, 1.807) is 0 Å². The summed E-state index contributed by atoms with van der Waals surface area (Å²) in [5, 5.41) is 0. The molecule has 2 aromatic heterocycles. The van der Waals surface area contributed by atoms with E-state index in [9.17, 15) is 0 Å². The summed E-state index contributed by atoms with van der Waals surface area (Å²) in [7, 11) is 0. The molecular formula is C13H13N5O. The zero-order chi connectivity index (χ0) is 13.2. The highest BCUT2D eigenvalue weighted by Gasteiger charge is 2.09. The first-order chi connectivity index (χ1) is 9.22. The number of nitrogens with zero attached hydrogens (tertiary/aromatic N) is 3. The smallest absolute Gasteiger partial charge is 0.245 e. The molecule has 3 rings (SSSR count). The molecule has 0 saturated carbocycles. The first kappa shape index (κ1) is 11.5. The number of fused-ring (bicyclic) bond motifs is 1. The van der Waals surface area contributed by atoms with Crippen LogP contribution in [0.1, 0.15) is 11.1 Å². The third kappa shape index (κ3) is 2.33. The lowest BCUT2D eigenvalue weighted by Crippen LogP contribution is -2.02. The number of nitrogen functional groups attached to an aromatic ring is 1. The number of benzene rings is 1. The number of ether oxygens (including phenoxy) is 1. The van der Waals surface area contributed by atoms with Gasteiger partial charge in [-0.25, -0.2) is 4.98 Å². The summed E-state index contributed by atoms with van der Waals surface area (Å²) in [6, 6.07) is 8.10. The van der Waals surface area contributed by atoms with Gasteiger partial charge in [0.2, 0.25) is 11.8 Å². The normalized spacial score (nSPS) is 10.8. The fourth-order valence-electron chi connectivity index (χ4n) is 1.88. The van der Waals surface area contributed by atoms with Gasteiger partial charge in [0.15, 0.2) is 5.65 Å². The molecule has 0 saturated heterocycles. The summed E-state index contributed by atoms with van der Waals surface area (Å²) in [4.78, 5) is 15.1. The van der Waals surface area contributed by atoms with Crippen LogP contribution in [0.15, 0.2) is 30.6 Å². The van der Waals surface area contributed by atoms with Crippen molar-refractivity contribution in [1.29, 1.82) is 0 Å². The average molecular weight is 255 g/mol. The number of rotatable bonds is 3. The van der Waals surface area contributed by atoms with Crippen LogP contribution in [0.4, 0.5) is 5.95 Å². The maximum Gasteiger partial charge on any atom is 0.245 e. The van der Waals surface area contributed by atoms with E-state index in [-0.39, 0.29) is 5.95 Å². The van der Waals surface area contributed by atoms with E-state index in [1.165, 1.54) is 11.9 Å². The first-order valence-corrected chi connectivity index (χ1v) is 5.87. The molecule has 0 bridgehead atoms. The second-order valence-corrected chi connectivity index (χ2v) is 4.27. The molecule has 0 aliphatic carbocycles. The Morgan fingerprint density at radius 2 is 2.21 bits per heavy atom. The Balaban J connectivity index is 1.87. The van der Waals surface area contributed by atoms with Crippen LogP contribution in [0.25, 0.3) is 11.2 Å². The quantitative estimate of drug-likeness (QED) is 0.745. The van der Waals surface area contributed by atoms with Crippen molar-refractivity contribution in [3.8, 4) is 5.88 Å². The standard InChI is InChI=1S/C13H13N5O/c1-8-3-2-4-9(5-8)6-19-12-10-11(16-7-15-10)17-13(14)18-12/h2-5,7H,6H2,1H3,(H3,14,15,16,17,18). The number of imidazole rings is 1. The fraction of sp³-hybridized carbons (Fsp3) is 0.154. The third-order valence-corrected chi connectivity index (χ3v) is 2.73. The molecule has 3 aromatic rings. The summed E-state index contributed by atoms with van der Waals surface area (Å²) in [5.41, 5.74) is 9.05. The average Bonchev–Trinajstić information content (AvgIpc) is 2.84. The van der Waals surface area contributed by atoms with E-state index in [0.29, 0.717) is 23.7 Å². The van der Waals surface area contributed by atoms with Crippen molar-refractivity contribution in [2.45, 2.75) is 13.5 Å². The van der Waals surface area contributed by atoms with Crippen LogP contribution in [0.3, 0.4) is 0 Å². The SMILES string of the molecule is Cc1cccc(COc2nc(N)nc3nc[nH]c23)c1. The molecular weight excluding hydrogens is 242 g/mol. The third-order valence-electron chi connectivity index (χ3n) is 2.73. The summed E-state index contributed by atoms with van der Waals surface area (Å²) >= 11 is 0. The van der Waals surface area contributed by atoms with Crippen LogP contribution in [0.5, 0.6) is 5.88 Å². The molecule has 6 nitrogen and oxygen atoms in total. The molecule has 1 aromatic carbocycles. The van der Waals surface area contributed by atoms with Gasteiger partial charge in [-0.2, -0.15) is 9.97 Å². The minimum Gasteiger partial charge on any atom is -0.471 e. The molecule has 0 atom stereocenters. The highest BCUT2D eigenvalue weighted by atomic mass is 16.5. The van der Waals surface area contributed by atoms with Crippen molar-refractivity contribution in [2.24, 2.45) is 0 Å². The highest BCUT2D eigenvalue weighted by Crippen LogP contribution is 2.20. The molecule has 96 valence electrons. The predicted molar refractivity (Wildman–Crippen MR) is 71.6 cm³/mol. The molecule has 19 heavy (non-hydrogen) atoms. The molecule has 2 heterocycles. The lowest BCUT2D eigenvalue weighted by atomic mass is 10.1. The fourth-order valence-corrected chi connectivity index (χ4v) is 1.88. The number of hydrogen-bond donors (Lipinski definition) is 2. The minimum atomic E-state index is 0.152. The number of aromatic amines is 1. The van der Waals surface area contributed by atoms with Crippen molar-refractivity contribution in [3.63, 3.8) is 0 Å². The predicted octanol–water partition coefficient (Wildman–Crippen LogP) is 1.82. The van der Waals surface area contributed by atoms with Gasteiger partial charge in [-0.15, -0.1) is 0 Å². The van der Waals surface area contributed by atoms with E-state index >= 15 is 0 Å². The second kappa shape index (κ2) is 4.56. The van der Waals surface area contributed by atoms with Crippen LogP contribution in [-0.2, 0) is 6.61 Å². The Bertz CT molecular complexity index is 722. The number of anilines is 1. The lowest BCUT2D eigenvalue weighted by Gasteiger charge is -2.07. The summed E-state index contributed by atoms with van der Waals surface area (Å²) in [6.45, 7) is 2.46. The Morgan fingerprint density at radius 1 is 1.32 bits per heavy atom. The van der Waals surface area contributed by atoms with E-state index in [1.807, 2.05) is 25.1 Å². The zero-order valence-corrected chi connectivity index (χ0v) is 10.4. The summed E-state index contributed by atoms with van der Waals surface area (Å²) in [6.07, 6.45) is 1.54. The number of aromatic nitrogens is 4. The van der Waals surface area contributed by atoms with Crippen molar-refractivity contribution in [3.05, 3.63) is 41.7 Å². The molecule has 0 aliphatic rings. The molecule has 3 N–H and O–H groups in total. The van der Waals surface area contributed by atoms with Gasteiger partial charge < -0.3 is 15.5 Å². The maximum absolute atomic E-state index is 5.70. The van der Waals surface area contributed by atoms with Crippen LogP contribution < -0.4 is 10.5 Å². The van der Waals surface area contributed by atoms with Gasteiger partial charge in [-0.3, -0.25) is 0 Å². The van der Waals surface area contributed by atoms with Crippen LogP contribution in [0, 0.1) is 6.92 Å². The molecule has 6 heteroatoms. The Labute approximate surface area is 109 Å². The number of aryl methyl sites for hydroxylation is 1. The molecule has 0 amide bonds. The van der Waals surface area contributed by atoms with Crippen LogP contribution >= 0.6 is 0 Å². The molecule has 0 aliphatic heterocycles. The maximum atomic E-state index is 5.70. The molecule has 0 spiro atoms. The number of H-pyrrole nitrogens is 1. The van der Waals surface area contributed by atoms with Gasteiger partial charge >= 0.3 is 0 Å². The Hall–Kier alpha value is -2.63. The lowest BCUT2D eigenvalue weighted by molar-refractivity contribution is 0.297. The van der Waals surface area contributed by atoms with E-state index in [4.69, 9.17) is 10.5 Å². The molecule has 0 unspecified atom stereocenters. The Morgan fingerprint density at radius 3 is 3.05 bits per heavy atom. The summed E-state index contributed by atoms with van der Waals surface area (Å²) in [5.74, 6) is 0.570. The van der Waals surface area contributed by atoms with Gasteiger partial charge in [0.25, 0.3) is 0 Å². The monoisotopic (exact) mass is 255 g/mol. The number of nitrogens with two attached hydrogens (primary N) is 1. The topological polar surface area (TPSA) is 89.7 Å². The Kier molecular flexibility index (Phi) is 2.75. The number of hydrogen-bond acceptors (Lipinski definition) is 5. The van der Waals surface area contributed by atoms with Gasteiger partial charge in [0.05, 0.1) is 6.33 Å². The van der Waals surface area contributed by atoms with Crippen molar-refractivity contribution in [1.82, 2.24) is 19.9 Å². The highest BCUT2D eigenvalue weighted by molar-refractivity contribution is 5.76. The zero-order valence-electron chi connectivity index (χ0n) is 10.4. The van der Waals surface area contributed by atoms with E-state index in [0.717, 1.165) is 5.56 Å². The van der Waals surface area contributed by atoms with Crippen molar-refractivity contribution < 1.29 is 4.74 Å². The first-order valence-electron chi connectivity index (χ1n) is 5.87. The minimum absolute atomic E-state index is 0.152. The largest absolute Gasteiger partial charge is 0.471 e. The van der Waals surface area contributed by atoms with E-state index < -0.39 is 0 Å². The molecule has 0 radical (unpaired) electrons. The molecule has 0 fully saturated rings. The number of nitrogens with one attached hydrogen (secondary N) is 1. The van der Waals surface area contributed by atoms with Crippen LogP contribution in [0.2, 0.25) is 0 Å². The van der Waals surface area contributed by atoms with Gasteiger partial charge in [0.1, 0.15) is 12.1 Å². The van der Waals surface area contributed by atoms with Crippen molar-refractivity contribution >= 4 is 17.1 Å². The van der Waals surface area contributed by atoms with Crippen molar-refractivity contribution in [2.75, 3.05) is 5.73 Å². The van der Waals surface area contributed by atoms with Gasteiger partial charge in [0, 0.05) is 0 Å². The summed E-state index contributed by atoms with van der Waals surface area (Å²) < 4.78 is 5.70. The van der Waals surface area contributed by atoms with Crippen LogP contribution in [-0.4, -0.2) is 19.9 Å². The van der Waals surface area contributed by atoms with Gasteiger partial charge in [-0.05, 0) is 12.5 Å². The second-order valence-electron chi connectivity index (χ2n) is 4.27. The van der Waals surface area contributed by atoms with E-state index in [2.05, 4.69) is 26.0 Å². The van der Waals surface area contributed by atoms with Gasteiger partial charge in [-0.1, -0.05) is 29.8 Å².